The van der Waals surface area contributed by atoms with Crippen LogP contribution in [0.4, 0.5) is 4.79 Å². The number of amides is 2. The Morgan fingerprint density at radius 1 is 1.29 bits per heavy atom. The lowest BCUT2D eigenvalue weighted by atomic mass is 9.97. The van der Waals surface area contributed by atoms with E-state index in [9.17, 15) is 4.79 Å². The Labute approximate surface area is 86.6 Å². The first-order valence-corrected chi connectivity index (χ1v) is 5.52. The van der Waals surface area contributed by atoms with Crippen molar-refractivity contribution in [2.45, 2.75) is 52.5 Å². The van der Waals surface area contributed by atoms with Crippen LogP contribution >= 0.6 is 0 Å². The van der Waals surface area contributed by atoms with Gasteiger partial charge in [0, 0.05) is 12.6 Å². The summed E-state index contributed by atoms with van der Waals surface area (Å²) in [6.45, 7) is 7.07. The van der Waals surface area contributed by atoms with Gasteiger partial charge in [-0.25, -0.2) is 4.79 Å². The molecule has 0 unspecified atom stereocenters. The van der Waals surface area contributed by atoms with Crippen LogP contribution in [-0.4, -0.2) is 18.6 Å². The maximum absolute atomic E-state index is 11.4. The number of nitrogens with one attached hydrogen (secondary N) is 2. The van der Waals surface area contributed by atoms with Gasteiger partial charge in [0.15, 0.2) is 0 Å². The van der Waals surface area contributed by atoms with Gasteiger partial charge in [-0.3, -0.25) is 0 Å². The smallest absolute Gasteiger partial charge is 0.315 e. The van der Waals surface area contributed by atoms with Crippen molar-refractivity contribution in [3.05, 3.63) is 0 Å². The van der Waals surface area contributed by atoms with Crippen LogP contribution in [0.1, 0.15) is 46.5 Å². The monoisotopic (exact) mass is 198 g/mol. The maximum Gasteiger partial charge on any atom is 0.315 e. The van der Waals surface area contributed by atoms with Crippen molar-refractivity contribution in [3.63, 3.8) is 0 Å². The average Bonchev–Trinajstić information content (AvgIpc) is 2.52. The Morgan fingerprint density at radius 3 is 2.36 bits per heavy atom. The van der Waals surface area contributed by atoms with Crippen LogP contribution in [0.15, 0.2) is 0 Å². The maximum atomic E-state index is 11.4. The van der Waals surface area contributed by atoms with E-state index < -0.39 is 0 Å². The molecule has 3 heteroatoms. The average molecular weight is 198 g/mol. The highest BCUT2D eigenvalue weighted by Crippen LogP contribution is 2.17. The number of urea groups is 1. The molecule has 14 heavy (non-hydrogen) atoms. The van der Waals surface area contributed by atoms with E-state index in [4.69, 9.17) is 0 Å². The number of hydrogen-bond donors (Lipinski definition) is 2. The van der Waals surface area contributed by atoms with E-state index in [1.54, 1.807) is 0 Å². The molecule has 3 nitrogen and oxygen atoms in total. The molecule has 0 radical (unpaired) electrons. The van der Waals surface area contributed by atoms with Gasteiger partial charge in [0.2, 0.25) is 0 Å². The highest BCUT2D eigenvalue weighted by Gasteiger charge is 2.18. The molecule has 0 aromatic carbocycles. The first kappa shape index (κ1) is 11.3. The molecule has 0 aliphatic heterocycles. The molecule has 82 valence electrons. The first-order chi connectivity index (χ1) is 6.47. The van der Waals surface area contributed by atoms with Crippen LogP contribution in [0.25, 0.3) is 0 Å². The predicted octanol–water partition coefficient (Wildman–Crippen LogP) is 2.27. The van der Waals surface area contributed by atoms with Gasteiger partial charge in [-0.2, -0.15) is 0 Å². The summed E-state index contributed by atoms with van der Waals surface area (Å²) in [5, 5.41) is 5.90. The molecule has 1 aliphatic rings. The van der Waals surface area contributed by atoms with Crippen LogP contribution in [-0.2, 0) is 0 Å². The summed E-state index contributed by atoms with van der Waals surface area (Å²) in [4.78, 5) is 11.4. The normalized spacial score (nSPS) is 18.2. The van der Waals surface area contributed by atoms with Gasteiger partial charge >= 0.3 is 6.03 Å². The van der Waals surface area contributed by atoms with Gasteiger partial charge in [-0.1, -0.05) is 33.6 Å². The van der Waals surface area contributed by atoms with Crippen molar-refractivity contribution in [1.29, 1.82) is 0 Å². The van der Waals surface area contributed by atoms with Crippen molar-refractivity contribution in [2.75, 3.05) is 6.54 Å². The lowest BCUT2D eigenvalue weighted by molar-refractivity contribution is 0.232. The Bertz CT molecular complexity index is 190. The van der Waals surface area contributed by atoms with Crippen LogP contribution in [0, 0.1) is 5.41 Å². The van der Waals surface area contributed by atoms with Gasteiger partial charge in [0.25, 0.3) is 0 Å². The molecule has 2 N–H and O–H groups in total. The summed E-state index contributed by atoms with van der Waals surface area (Å²) in [5.41, 5.74) is 0.160. The summed E-state index contributed by atoms with van der Waals surface area (Å²) in [6, 6.07) is 0.404. The largest absolute Gasteiger partial charge is 0.338 e. The Kier molecular flexibility index (Phi) is 3.78. The van der Waals surface area contributed by atoms with E-state index in [0.29, 0.717) is 6.04 Å². The third-order valence-electron chi connectivity index (χ3n) is 2.47. The predicted molar refractivity (Wildman–Crippen MR) is 58.2 cm³/mol. The summed E-state index contributed by atoms with van der Waals surface area (Å²) in [6.07, 6.45) is 4.79. The fraction of sp³-hybridized carbons (Fsp3) is 0.909. The molecule has 0 spiro atoms. The van der Waals surface area contributed by atoms with Crippen molar-refractivity contribution >= 4 is 6.03 Å². The lowest BCUT2D eigenvalue weighted by Gasteiger charge is -2.20. The van der Waals surface area contributed by atoms with Crippen LogP contribution in [0.3, 0.4) is 0 Å². The van der Waals surface area contributed by atoms with Crippen LogP contribution in [0.5, 0.6) is 0 Å². The highest BCUT2D eigenvalue weighted by molar-refractivity contribution is 5.74. The van der Waals surface area contributed by atoms with Crippen LogP contribution in [0.2, 0.25) is 0 Å². The molecule has 0 saturated heterocycles. The summed E-state index contributed by atoms with van der Waals surface area (Å²) >= 11 is 0. The minimum atomic E-state index is -0.00757. The molecule has 2 amide bonds. The number of hydrogen-bond acceptors (Lipinski definition) is 1. The number of carbonyl (C=O) groups is 1. The van der Waals surface area contributed by atoms with E-state index in [1.807, 2.05) is 0 Å². The fourth-order valence-corrected chi connectivity index (χ4v) is 1.65. The SMILES string of the molecule is CC(C)(C)CNC(=O)NC1CCCC1. The topological polar surface area (TPSA) is 41.1 Å². The summed E-state index contributed by atoms with van der Waals surface area (Å²) in [7, 11) is 0. The quantitative estimate of drug-likeness (QED) is 0.702. The molecule has 0 aromatic heterocycles. The van der Waals surface area contributed by atoms with Gasteiger partial charge in [0.1, 0.15) is 0 Å². The summed E-state index contributed by atoms with van der Waals surface area (Å²) < 4.78 is 0. The van der Waals surface area contributed by atoms with Gasteiger partial charge in [-0.05, 0) is 18.3 Å². The molecular weight excluding hydrogens is 176 g/mol. The van der Waals surface area contributed by atoms with Crippen molar-refractivity contribution in [2.24, 2.45) is 5.41 Å². The molecular formula is C11H22N2O. The van der Waals surface area contributed by atoms with E-state index >= 15 is 0 Å². The zero-order valence-electron chi connectivity index (χ0n) is 9.52. The third kappa shape index (κ3) is 4.49. The minimum absolute atomic E-state index is 0.00757. The molecule has 1 rings (SSSR count). The standard InChI is InChI=1S/C11H22N2O/c1-11(2,3)8-12-10(14)13-9-6-4-5-7-9/h9H,4-8H2,1-3H3,(H2,12,13,14). The number of carbonyl (C=O) groups excluding carboxylic acids is 1. The zero-order chi connectivity index (χ0) is 10.6. The minimum Gasteiger partial charge on any atom is -0.338 e. The second-order valence-electron chi connectivity index (χ2n) is 5.37. The van der Waals surface area contributed by atoms with Crippen molar-refractivity contribution in [3.8, 4) is 0 Å². The van der Waals surface area contributed by atoms with Gasteiger partial charge < -0.3 is 10.6 Å². The molecule has 1 saturated carbocycles. The van der Waals surface area contributed by atoms with E-state index in [1.165, 1.54) is 12.8 Å². The van der Waals surface area contributed by atoms with Gasteiger partial charge in [0.05, 0.1) is 0 Å². The molecule has 1 aliphatic carbocycles. The molecule has 0 atom stereocenters. The van der Waals surface area contributed by atoms with Crippen molar-refractivity contribution in [1.82, 2.24) is 10.6 Å². The van der Waals surface area contributed by atoms with Crippen molar-refractivity contribution < 1.29 is 4.79 Å². The molecule has 0 bridgehead atoms. The van der Waals surface area contributed by atoms with E-state index in [2.05, 4.69) is 31.4 Å². The molecule has 0 aromatic rings. The second-order valence-corrected chi connectivity index (χ2v) is 5.37. The Morgan fingerprint density at radius 2 is 1.86 bits per heavy atom. The Balaban J connectivity index is 2.15. The van der Waals surface area contributed by atoms with Gasteiger partial charge in [-0.15, -0.1) is 0 Å². The fourth-order valence-electron chi connectivity index (χ4n) is 1.65. The lowest BCUT2D eigenvalue weighted by Crippen LogP contribution is -2.43. The van der Waals surface area contributed by atoms with Crippen LogP contribution < -0.4 is 10.6 Å². The highest BCUT2D eigenvalue weighted by atomic mass is 16.2. The van der Waals surface area contributed by atoms with E-state index in [0.717, 1.165) is 19.4 Å². The summed E-state index contributed by atoms with van der Waals surface area (Å²) in [5.74, 6) is 0. The number of rotatable bonds is 2. The first-order valence-electron chi connectivity index (χ1n) is 5.52. The van der Waals surface area contributed by atoms with E-state index in [-0.39, 0.29) is 11.4 Å². The molecule has 1 fully saturated rings. The third-order valence-corrected chi connectivity index (χ3v) is 2.47. The Hall–Kier alpha value is -0.730. The zero-order valence-corrected chi connectivity index (χ0v) is 9.52. The second kappa shape index (κ2) is 4.67. The molecule has 0 heterocycles.